The Morgan fingerprint density at radius 1 is 1.03 bits per heavy atom. The van der Waals surface area contributed by atoms with Gasteiger partial charge in [0.15, 0.2) is 5.78 Å². The number of hydrogen-bond donors (Lipinski definition) is 0. The average molecular weight is 427 g/mol. The van der Waals surface area contributed by atoms with Crippen LogP contribution in [0.2, 0.25) is 0 Å². The number of ketones is 1. The lowest BCUT2D eigenvalue weighted by atomic mass is 9.88. The van der Waals surface area contributed by atoms with Crippen LogP contribution in [0.15, 0.2) is 36.4 Å². The second-order valence-corrected chi connectivity index (χ2v) is 6.97. The Labute approximate surface area is 169 Å². The first kappa shape index (κ1) is 21.7. The van der Waals surface area contributed by atoms with Gasteiger partial charge in [-0.1, -0.05) is 12.1 Å². The molecule has 4 nitrogen and oxygen atoms in total. The molecule has 30 heavy (non-hydrogen) atoms. The molecule has 1 aliphatic heterocycles. The summed E-state index contributed by atoms with van der Waals surface area (Å²) in [5.74, 6) is -5.37. The van der Waals surface area contributed by atoms with Gasteiger partial charge in [-0.2, -0.15) is 8.78 Å². The molecule has 160 valence electrons. The van der Waals surface area contributed by atoms with Crippen molar-refractivity contribution in [3.05, 3.63) is 65.0 Å². The zero-order valence-electron chi connectivity index (χ0n) is 15.7. The largest absolute Gasteiger partial charge is 0.435 e. The van der Waals surface area contributed by atoms with E-state index in [2.05, 4.69) is 4.74 Å². The molecule has 0 radical (unpaired) electrons. The highest BCUT2D eigenvalue weighted by molar-refractivity contribution is 5.98. The summed E-state index contributed by atoms with van der Waals surface area (Å²) in [6, 6.07) is 6.72. The zero-order chi connectivity index (χ0) is 21.8. The van der Waals surface area contributed by atoms with Gasteiger partial charge in [0.25, 0.3) is 0 Å². The highest BCUT2D eigenvalue weighted by Crippen LogP contribution is 2.26. The second kappa shape index (κ2) is 9.23. The molecule has 2 aromatic rings. The molecule has 1 heterocycles. The van der Waals surface area contributed by atoms with Crippen molar-refractivity contribution in [2.75, 3.05) is 13.1 Å². The van der Waals surface area contributed by atoms with Gasteiger partial charge in [0.05, 0.1) is 12.0 Å². The van der Waals surface area contributed by atoms with Crippen molar-refractivity contribution in [1.29, 1.82) is 0 Å². The van der Waals surface area contributed by atoms with Crippen LogP contribution in [0.4, 0.5) is 22.0 Å². The van der Waals surface area contributed by atoms with E-state index in [0.717, 1.165) is 0 Å². The standard InChI is InChI=1S/C21H18F5NO3/c22-14-10-16(23)19(17(24)11-14)20(29)13-4-6-27(7-5-13)18(28)9-12-2-1-3-15(8-12)30-21(25)26/h1-3,8,10-11,13,21H,4-7,9H2. The third-order valence-electron chi connectivity index (χ3n) is 4.95. The van der Waals surface area contributed by atoms with Gasteiger partial charge in [-0.3, -0.25) is 9.59 Å². The van der Waals surface area contributed by atoms with Crippen LogP contribution < -0.4 is 4.74 Å². The smallest absolute Gasteiger partial charge is 0.387 e. The Bertz CT molecular complexity index is 919. The average Bonchev–Trinajstić information content (AvgIpc) is 2.67. The van der Waals surface area contributed by atoms with Crippen LogP contribution in [-0.4, -0.2) is 36.3 Å². The summed E-state index contributed by atoms with van der Waals surface area (Å²) in [7, 11) is 0. The number of Topliss-reactive ketones (excluding diaryl/α,β-unsaturated/α-hetero) is 1. The lowest BCUT2D eigenvalue weighted by molar-refractivity contribution is -0.131. The van der Waals surface area contributed by atoms with E-state index in [9.17, 15) is 31.5 Å². The highest BCUT2D eigenvalue weighted by atomic mass is 19.3. The molecule has 1 amide bonds. The number of likely N-dealkylation sites (tertiary alicyclic amines) is 1. The number of carbonyl (C=O) groups is 2. The summed E-state index contributed by atoms with van der Waals surface area (Å²) in [4.78, 5) is 26.5. The van der Waals surface area contributed by atoms with Crippen molar-refractivity contribution in [3.8, 4) is 5.75 Å². The van der Waals surface area contributed by atoms with E-state index >= 15 is 0 Å². The van der Waals surface area contributed by atoms with E-state index in [0.29, 0.717) is 17.7 Å². The Morgan fingerprint density at radius 3 is 2.27 bits per heavy atom. The predicted molar refractivity (Wildman–Crippen MR) is 96.7 cm³/mol. The van der Waals surface area contributed by atoms with Crippen molar-refractivity contribution < 1.29 is 36.3 Å². The first-order chi connectivity index (χ1) is 14.2. The quantitative estimate of drug-likeness (QED) is 0.508. The van der Waals surface area contributed by atoms with Crippen molar-refractivity contribution in [3.63, 3.8) is 0 Å². The summed E-state index contributed by atoms with van der Waals surface area (Å²) in [5.41, 5.74) is -0.274. The van der Waals surface area contributed by atoms with Gasteiger partial charge in [0, 0.05) is 31.1 Å². The number of nitrogens with zero attached hydrogens (tertiary/aromatic N) is 1. The fourth-order valence-corrected chi connectivity index (χ4v) is 3.49. The van der Waals surface area contributed by atoms with Gasteiger partial charge in [-0.05, 0) is 30.5 Å². The Hall–Kier alpha value is -2.97. The molecule has 0 N–H and O–H groups in total. The lowest BCUT2D eigenvalue weighted by Gasteiger charge is -2.31. The van der Waals surface area contributed by atoms with Gasteiger partial charge in [-0.15, -0.1) is 0 Å². The Balaban J connectivity index is 1.59. The maximum absolute atomic E-state index is 13.9. The van der Waals surface area contributed by atoms with Gasteiger partial charge < -0.3 is 9.64 Å². The predicted octanol–water partition coefficient (Wildman–Crippen LogP) is 4.37. The van der Waals surface area contributed by atoms with Gasteiger partial charge in [-0.25, -0.2) is 13.2 Å². The molecule has 1 fully saturated rings. The van der Waals surface area contributed by atoms with Crippen LogP contribution in [0.5, 0.6) is 5.75 Å². The van der Waals surface area contributed by atoms with E-state index < -0.39 is 41.3 Å². The van der Waals surface area contributed by atoms with Crippen molar-refractivity contribution >= 4 is 11.7 Å². The number of alkyl halides is 2. The van der Waals surface area contributed by atoms with Crippen LogP contribution in [0.25, 0.3) is 0 Å². The first-order valence-electron chi connectivity index (χ1n) is 9.25. The molecule has 2 aromatic carbocycles. The fraction of sp³-hybridized carbons (Fsp3) is 0.333. The summed E-state index contributed by atoms with van der Waals surface area (Å²) in [6.07, 6.45) is 0.366. The summed E-state index contributed by atoms with van der Waals surface area (Å²) >= 11 is 0. The zero-order valence-corrected chi connectivity index (χ0v) is 15.7. The second-order valence-electron chi connectivity index (χ2n) is 6.97. The molecule has 3 rings (SSSR count). The minimum absolute atomic E-state index is 0.0414. The summed E-state index contributed by atoms with van der Waals surface area (Å²) in [6.45, 7) is -2.57. The third kappa shape index (κ3) is 5.14. The van der Waals surface area contributed by atoms with Crippen molar-refractivity contribution in [2.24, 2.45) is 5.92 Å². The number of piperidine rings is 1. The molecule has 0 saturated carbocycles. The van der Waals surface area contributed by atoms with Crippen LogP contribution in [0, 0.1) is 23.4 Å². The molecule has 0 aromatic heterocycles. The minimum Gasteiger partial charge on any atom is -0.435 e. The van der Waals surface area contributed by atoms with E-state index in [-0.39, 0.29) is 44.0 Å². The van der Waals surface area contributed by atoms with Crippen LogP contribution in [0.1, 0.15) is 28.8 Å². The van der Waals surface area contributed by atoms with E-state index in [1.54, 1.807) is 6.07 Å². The Morgan fingerprint density at radius 2 is 1.67 bits per heavy atom. The molecule has 0 aliphatic carbocycles. The molecule has 0 bridgehead atoms. The van der Waals surface area contributed by atoms with Gasteiger partial charge in [0.2, 0.25) is 5.91 Å². The number of hydrogen-bond acceptors (Lipinski definition) is 3. The maximum atomic E-state index is 13.9. The number of ether oxygens (including phenoxy) is 1. The molecular formula is C21H18F5NO3. The van der Waals surface area contributed by atoms with Crippen LogP contribution in [-0.2, 0) is 11.2 Å². The number of amides is 1. The molecule has 0 spiro atoms. The highest BCUT2D eigenvalue weighted by Gasteiger charge is 2.31. The molecule has 1 saturated heterocycles. The third-order valence-corrected chi connectivity index (χ3v) is 4.95. The van der Waals surface area contributed by atoms with E-state index in [1.807, 2.05) is 0 Å². The van der Waals surface area contributed by atoms with E-state index in [1.165, 1.54) is 23.1 Å². The number of halogens is 5. The van der Waals surface area contributed by atoms with Crippen molar-refractivity contribution in [1.82, 2.24) is 4.90 Å². The SMILES string of the molecule is O=C(c1c(F)cc(F)cc1F)C1CCN(C(=O)Cc2cccc(OC(F)F)c2)CC1. The first-order valence-corrected chi connectivity index (χ1v) is 9.25. The molecule has 0 atom stereocenters. The summed E-state index contributed by atoms with van der Waals surface area (Å²) in [5, 5.41) is 0. The molecule has 0 unspecified atom stereocenters. The fourth-order valence-electron chi connectivity index (χ4n) is 3.49. The number of rotatable bonds is 6. The molecule has 9 heteroatoms. The van der Waals surface area contributed by atoms with Crippen LogP contribution >= 0.6 is 0 Å². The lowest BCUT2D eigenvalue weighted by Crippen LogP contribution is -2.41. The molecule has 1 aliphatic rings. The maximum Gasteiger partial charge on any atom is 0.387 e. The monoisotopic (exact) mass is 427 g/mol. The van der Waals surface area contributed by atoms with Crippen LogP contribution in [0.3, 0.4) is 0 Å². The topological polar surface area (TPSA) is 46.6 Å². The van der Waals surface area contributed by atoms with Gasteiger partial charge in [0.1, 0.15) is 23.2 Å². The molecular weight excluding hydrogens is 409 g/mol. The Kier molecular flexibility index (Phi) is 6.69. The van der Waals surface area contributed by atoms with Crippen molar-refractivity contribution in [2.45, 2.75) is 25.9 Å². The minimum atomic E-state index is -2.97. The van der Waals surface area contributed by atoms with E-state index in [4.69, 9.17) is 0 Å². The normalized spacial score (nSPS) is 14.8. The number of benzene rings is 2. The summed E-state index contributed by atoms with van der Waals surface area (Å²) < 4.78 is 69.7. The number of carbonyl (C=O) groups excluding carboxylic acids is 2. The van der Waals surface area contributed by atoms with Gasteiger partial charge >= 0.3 is 6.61 Å².